The van der Waals surface area contributed by atoms with E-state index in [2.05, 4.69) is 11.8 Å². The first kappa shape index (κ1) is 14.3. The molecule has 0 amide bonds. The van der Waals surface area contributed by atoms with Crippen molar-refractivity contribution < 1.29 is 4.74 Å². The Morgan fingerprint density at radius 1 is 1.17 bits per heavy atom. The quantitative estimate of drug-likeness (QED) is 0.819. The van der Waals surface area contributed by atoms with Crippen LogP contribution in [0.1, 0.15) is 51.9 Å². The van der Waals surface area contributed by atoms with Crippen molar-refractivity contribution in [2.75, 3.05) is 26.3 Å². The summed E-state index contributed by atoms with van der Waals surface area (Å²) in [6.07, 6.45) is 9.48. The van der Waals surface area contributed by atoms with Crippen molar-refractivity contribution in [3.8, 4) is 0 Å². The van der Waals surface area contributed by atoms with Crippen LogP contribution in [-0.2, 0) is 4.74 Å². The van der Waals surface area contributed by atoms with Crippen LogP contribution in [-0.4, -0.2) is 43.3 Å². The van der Waals surface area contributed by atoms with Gasteiger partial charge in [-0.15, -0.1) is 0 Å². The highest BCUT2D eigenvalue weighted by Crippen LogP contribution is 2.28. The lowest BCUT2D eigenvalue weighted by atomic mass is 9.88. The minimum absolute atomic E-state index is 0.540. The fourth-order valence-corrected chi connectivity index (χ4v) is 3.84. The van der Waals surface area contributed by atoms with Crippen LogP contribution in [0.25, 0.3) is 0 Å². The van der Waals surface area contributed by atoms with Gasteiger partial charge in [-0.3, -0.25) is 4.90 Å². The Morgan fingerprint density at radius 2 is 1.94 bits per heavy atom. The van der Waals surface area contributed by atoms with Gasteiger partial charge in [0.1, 0.15) is 0 Å². The average Bonchev–Trinajstić information content (AvgIpc) is 2.46. The topological polar surface area (TPSA) is 38.5 Å². The van der Waals surface area contributed by atoms with Gasteiger partial charge in [-0.2, -0.15) is 0 Å². The number of nitrogens with two attached hydrogens (primary N) is 1. The number of rotatable bonds is 5. The van der Waals surface area contributed by atoms with Gasteiger partial charge in [-0.05, 0) is 38.1 Å². The molecule has 2 N–H and O–H groups in total. The van der Waals surface area contributed by atoms with E-state index < -0.39 is 0 Å². The van der Waals surface area contributed by atoms with Crippen molar-refractivity contribution in [1.82, 2.24) is 4.90 Å². The average molecular weight is 254 g/mol. The molecule has 2 fully saturated rings. The Hall–Kier alpha value is -0.120. The Morgan fingerprint density at radius 3 is 2.50 bits per heavy atom. The number of hydrogen-bond acceptors (Lipinski definition) is 3. The molecule has 2 aliphatic rings. The summed E-state index contributed by atoms with van der Waals surface area (Å²) in [6, 6.07) is 1.32. The molecular weight excluding hydrogens is 224 g/mol. The molecule has 0 aromatic carbocycles. The summed E-state index contributed by atoms with van der Waals surface area (Å²) in [6.45, 7) is 6.09. The molecule has 0 spiro atoms. The molecule has 2 unspecified atom stereocenters. The van der Waals surface area contributed by atoms with Gasteiger partial charge < -0.3 is 10.5 Å². The van der Waals surface area contributed by atoms with Gasteiger partial charge in [0.15, 0.2) is 0 Å². The van der Waals surface area contributed by atoms with E-state index >= 15 is 0 Å². The van der Waals surface area contributed by atoms with Crippen molar-refractivity contribution in [1.29, 1.82) is 0 Å². The summed E-state index contributed by atoms with van der Waals surface area (Å²) in [5.74, 6) is 0.658. The smallest absolute Gasteiger partial charge is 0.0509 e. The van der Waals surface area contributed by atoms with Gasteiger partial charge in [0.05, 0.1) is 6.61 Å². The summed E-state index contributed by atoms with van der Waals surface area (Å²) in [4.78, 5) is 2.69. The third-order valence-corrected chi connectivity index (χ3v) is 4.82. The Bertz CT molecular complexity index is 199. The van der Waals surface area contributed by atoms with E-state index in [1.165, 1.54) is 44.9 Å². The number of nitrogens with zero attached hydrogens (tertiary/aromatic N) is 1. The monoisotopic (exact) mass is 254 g/mol. The first-order valence-electron chi connectivity index (χ1n) is 7.90. The van der Waals surface area contributed by atoms with Crippen molar-refractivity contribution in [2.24, 2.45) is 11.7 Å². The molecule has 1 heterocycles. The molecule has 0 aromatic rings. The molecule has 1 aliphatic carbocycles. The first-order chi connectivity index (χ1) is 8.86. The third kappa shape index (κ3) is 3.46. The molecule has 18 heavy (non-hydrogen) atoms. The zero-order valence-corrected chi connectivity index (χ0v) is 11.9. The highest BCUT2D eigenvalue weighted by Gasteiger charge is 2.32. The molecular formula is C15H30N2O. The maximum absolute atomic E-state index is 6.09. The van der Waals surface area contributed by atoms with E-state index in [1.807, 2.05) is 0 Å². The number of hydrogen-bond donors (Lipinski definition) is 1. The van der Waals surface area contributed by atoms with E-state index in [1.54, 1.807) is 0 Å². The number of ether oxygens (including phenoxy) is 1. The molecule has 1 aliphatic heterocycles. The van der Waals surface area contributed by atoms with Crippen LogP contribution < -0.4 is 5.73 Å². The standard InChI is InChI=1S/C15H30N2O/c1-2-17(14-8-4-3-5-9-14)15(11-16)13-7-6-10-18-12-13/h13-15H,2-12,16H2,1H3. The predicted octanol–water partition coefficient (Wildman–Crippen LogP) is 2.39. The van der Waals surface area contributed by atoms with Gasteiger partial charge in [-0.25, -0.2) is 0 Å². The minimum atomic E-state index is 0.540. The molecule has 0 aromatic heterocycles. The minimum Gasteiger partial charge on any atom is -0.381 e. The largest absolute Gasteiger partial charge is 0.381 e. The van der Waals surface area contributed by atoms with Gasteiger partial charge in [0.25, 0.3) is 0 Å². The highest BCUT2D eigenvalue weighted by molar-refractivity contribution is 4.86. The summed E-state index contributed by atoms with van der Waals surface area (Å²) >= 11 is 0. The molecule has 2 rings (SSSR count). The van der Waals surface area contributed by atoms with E-state index in [-0.39, 0.29) is 0 Å². The second-order valence-electron chi connectivity index (χ2n) is 5.90. The zero-order valence-electron chi connectivity index (χ0n) is 11.9. The van der Waals surface area contributed by atoms with Crippen LogP contribution >= 0.6 is 0 Å². The van der Waals surface area contributed by atoms with E-state index in [0.717, 1.165) is 32.3 Å². The van der Waals surface area contributed by atoms with Gasteiger partial charge in [-0.1, -0.05) is 26.2 Å². The number of likely N-dealkylation sites (N-methyl/N-ethyl adjacent to an activating group) is 1. The maximum Gasteiger partial charge on any atom is 0.0509 e. The molecule has 1 saturated carbocycles. The van der Waals surface area contributed by atoms with Crippen LogP contribution in [0.4, 0.5) is 0 Å². The Labute approximate surface area is 112 Å². The fourth-order valence-electron chi connectivity index (χ4n) is 3.84. The molecule has 0 radical (unpaired) electrons. The summed E-state index contributed by atoms with van der Waals surface area (Å²) in [5.41, 5.74) is 6.09. The lowest BCUT2D eigenvalue weighted by molar-refractivity contribution is -0.00476. The first-order valence-corrected chi connectivity index (χ1v) is 7.90. The lowest BCUT2D eigenvalue weighted by Crippen LogP contribution is -2.52. The SMILES string of the molecule is CCN(C1CCCCC1)C(CN)C1CCCOC1. The van der Waals surface area contributed by atoms with E-state index in [4.69, 9.17) is 10.5 Å². The summed E-state index contributed by atoms with van der Waals surface area (Å²) < 4.78 is 5.66. The van der Waals surface area contributed by atoms with Crippen molar-refractivity contribution >= 4 is 0 Å². The van der Waals surface area contributed by atoms with Crippen molar-refractivity contribution in [2.45, 2.75) is 64.0 Å². The van der Waals surface area contributed by atoms with Crippen molar-refractivity contribution in [3.63, 3.8) is 0 Å². The van der Waals surface area contributed by atoms with Crippen LogP contribution in [0.2, 0.25) is 0 Å². The van der Waals surface area contributed by atoms with Crippen LogP contribution in [0.3, 0.4) is 0 Å². The van der Waals surface area contributed by atoms with Crippen LogP contribution in [0.5, 0.6) is 0 Å². The van der Waals surface area contributed by atoms with Gasteiger partial charge in [0.2, 0.25) is 0 Å². The Balaban J connectivity index is 1.97. The fraction of sp³-hybridized carbons (Fsp3) is 1.00. The molecule has 0 bridgehead atoms. The van der Waals surface area contributed by atoms with E-state index in [0.29, 0.717) is 12.0 Å². The second-order valence-corrected chi connectivity index (χ2v) is 5.90. The lowest BCUT2D eigenvalue weighted by Gasteiger charge is -2.43. The molecule has 106 valence electrons. The van der Waals surface area contributed by atoms with Gasteiger partial charge in [0, 0.05) is 25.2 Å². The van der Waals surface area contributed by atoms with Crippen molar-refractivity contribution in [3.05, 3.63) is 0 Å². The molecule has 2 atom stereocenters. The zero-order chi connectivity index (χ0) is 12.8. The van der Waals surface area contributed by atoms with Crippen LogP contribution in [0, 0.1) is 5.92 Å². The normalized spacial score (nSPS) is 28.5. The van der Waals surface area contributed by atoms with Crippen LogP contribution in [0.15, 0.2) is 0 Å². The van der Waals surface area contributed by atoms with Gasteiger partial charge >= 0.3 is 0 Å². The summed E-state index contributed by atoms with van der Waals surface area (Å²) in [5, 5.41) is 0. The Kier molecular flexibility index (Phi) is 5.93. The second kappa shape index (κ2) is 7.46. The molecule has 3 heteroatoms. The molecule has 1 saturated heterocycles. The molecule has 3 nitrogen and oxygen atoms in total. The highest BCUT2D eigenvalue weighted by atomic mass is 16.5. The van der Waals surface area contributed by atoms with E-state index in [9.17, 15) is 0 Å². The predicted molar refractivity (Wildman–Crippen MR) is 75.6 cm³/mol. The maximum atomic E-state index is 6.09. The third-order valence-electron chi connectivity index (χ3n) is 4.82. The summed E-state index contributed by atoms with van der Waals surface area (Å²) in [7, 11) is 0.